The van der Waals surface area contributed by atoms with Crippen molar-refractivity contribution in [1.82, 2.24) is 0 Å². The third-order valence-corrected chi connectivity index (χ3v) is 1.90. The molecule has 0 aromatic heterocycles. The van der Waals surface area contributed by atoms with Gasteiger partial charge < -0.3 is 5.73 Å². The first-order valence-corrected chi connectivity index (χ1v) is 3.95. The first kappa shape index (κ1) is 9.70. The van der Waals surface area contributed by atoms with Crippen LogP contribution in [-0.2, 0) is 0 Å². The highest BCUT2D eigenvalue weighted by Crippen LogP contribution is 2.14. The van der Waals surface area contributed by atoms with E-state index in [1.165, 1.54) is 12.0 Å². The van der Waals surface area contributed by atoms with E-state index in [2.05, 4.69) is 20.4 Å². The van der Waals surface area contributed by atoms with Crippen molar-refractivity contribution in [3.05, 3.63) is 12.2 Å². The summed E-state index contributed by atoms with van der Waals surface area (Å²) < 4.78 is 0. The van der Waals surface area contributed by atoms with E-state index in [9.17, 15) is 0 Å². The molecular formula is C9H19N. The van der Waals surface area contributed by atoms with E-state index in [1.807, 2.05) is 6.92 Å². The second kappa shape index (κ2) is 4.51. The summed E-state index contributed by atoms with van der Waals surface area (Å²) >= 11 is 0. The van der Waals surface area contributed by atoms with Crippen LogP contribution in [0.3, 0.4) is 0 Å². The molecule has 1 nitrogen and oxygen atoms in total. The Balaban J connectivity index is 3.40. The van der Waals surface area contributed by atoms with Crippen molar-refractivity contribution >= 4 is 0 Å². The average Bonchev–Trinajstić information content (AvgIpc) is 1.82. The molecule has 1 heteroatoms. The number of nitrogens with two attached hydrogens (primary N) is 1. The van der Waals surface area contributed by atoms with Gasteiger partial charge in [0.15, 0.2) is 0 Å². The van der Waals surface area contributed by atoms with Crippen LogP contribution in [0.25, 0.3) is 0 Å². The van der Waals surface area contributed by atoms with Gasteiger partial charge in [0, 0.05) is 6.04 Å². The molecule has 0 aromatic carbocycles. The van der Waals surface area contributed by atoms with E-state index in [0.717, 1.165) is 6.42 Å². The quantitative estimate of drug-likeness (QED) is 0.597. The van der Waals surface area contributed by atoms with E-state index in [0.29, 0.717) is 12.0 Å². The molecule has 10 heavy (non-hydrogen) atoms. The molecule has 0 radical (unpaired) electrons. The van der Waals surface area contributed by atoms with Crippen LogP contribution >= 0.6 is 0 Å². The molecule has 1 unspecified atom stereocenters. The van der Waals surface area contributed by atoms with Gasteiger partial charge in [-0.2, -0.15) is 0 Å². The van der Waals surface area contributed by atoms with Crippen molar-refractivity contribution in [3.8, 4) is 0 Å². The van der Waals surface area contributed by atoms with Crippen molar-refractivity contribution in [1.29, 1.82) is 0 Å². The van der Waals surface area contributed by atoms with Crippen LogP contribution in [-0.4, -0.2) is 6.04 Å². The number of rotatable bonds is 4. The zero-order valence-corrected chi connectivity index (χ0v) is 7.35. The summed E-state index contributed by atoms with van der Waals surface area (Å²) in [6.07, 6.45) is 2.28. The molecule has 0 aromatic rings. The molecule has 0 heterocycles. The highest BCUT2D eigenvalue weighted by atomic mass is 14.6. The van der Waals surface area contributed by atoms with E-state index >= 15 is 0 Å². The minimum atomic E-state index is 0.335. The first-order valence-electron chi connectivity index (χ1n) is 3.95. The lowest BCUT2D eigenvalue weighted by Crippen LogP contribution is -2.15. The minimum Gasteiger partial charge on any atom is -0.328 e. The van der Waals surface area contributed by atoms with Gasteiger partial charge in [0.25, 0.3) is 0 Å². The molecule has 0 aliphatic rings. The number of allylic oxidation sites excluding steroid dienone is 1. The smallest absolute Gasteiger partial charge is 0.00106 e. The molecule has 0 amide bonds. The topological polar surface area (TPSA) is 26.0 Å². The molecule has 0 saturated heterocycles. The van der Waals surface area contributed by atoms with Gasteiger partial charge in [-0.25, -0.2) is 0 Å². The SMILES string of the molecule is C=C(C)C(C)CC[C@@H](C)N. The molecular weight excluding hydrogens is 122 g/mol. The Morgan fingerprint density at radius 2 is 1.90 bits per heavy atom. The van der Waals surface area contributed by atoms with Gasteiger partial charge in [-0.1, -0.05) is 19.1 Å². The van der Waals surface area contributed by atoms with Gasteiger partial charge in [0.1, 0.15) is 0 Å². The predicted molar refractivity (Wildman–Crippen MR) is 46.9 cm³/mol. The van der Waals surface area contributed by atoms with Crippen molar-refractivity contribution in [2.24, 2.45) is 11.7 Å². The van der Waals surface area contributed by atoms with Crippen molar-refractivity contribution in [2.45, 2.75) is 39.7 Å². The lowest BCUT2D eigenvalue weighted by molar-refractivity contribution is 0.532. The number of hydrogen-bond acceptors (Lipinski definition) is 1. The molecule has 2 N–H and O–H groups in total. The lowest BCUT2D eigenvalue weighted by atomic mass is 9.97. The van der Waals surface area contributed by atoms with Gasteiger partial charge >= 0.3 is 0 Å². The van der Waals surface area contributed by atoms with Crippen LogP contribution in [0.2, 0.25) is 0 Å². The van der Waals surface area contributed by atoms with E-state index in [4.69, 9.17) is 5.73 Å². The average molecular weight is 141 g/mol. The Morgan fingerprint density at radius 1 is 1.40 bits per heavy atom. The second-order valence-electron chi connectivity index (χ2n) is 3.30. The van der Waals surface area contributed by atoms with Crippen LogP contribution in [0, 0.1) is 5.92 Å². The summed E-state index contributed by atoms with van der Waals surface area (Å²) in [6, 6.07) is 0.335. The van der Waals surface area contributed by atoms with E-state index < -0.39 is 0 Å². The molecule has 0 rings (SSSR count). The zero-order chi connectivity index (χ0) is 8.15. The Hall–Kier alpha value is -0.300. The highest BCUT2D eigenvalue weighted by molar-refractivity contribution is 4.93. The summed E-state index contributed by atoms with van der Waals surface area (Å²) in [7, 11) is 0. The minimum absolute atomic E-state index is 0.335. The van der Waals surface area contributed by atoms with Crippen LogP contribution in [0.5, 0.6) is 0 Å². The Morgan fingerprint density at radius 3 is 2.20 bits per heavy atom. The zero-order valence-electron chi connectivity index (χ0n) is 7.35. The predicted octanol–water partition coefficient (Wildman–Crippen LogP) is 2.33. The summed E-state index contributed by atoms with van der Waals surface area (Å²) in [5.74, 6) is 0.631. The third-order valence-electron chi connectivity index (χ3n) is 1.90. The van der Waals surface area contributed by atoms with Crippen LogP contribution in [0.15, 0.2) is 12.2 Å². The van der Waals surface area contributed by atoms with E-state index in [1.54, 1.807) is 0 Å². The number of hydrogen-bond donors (Lipinski definition) is 1. The fraction of sp³-hybridized carbons (Fsp3) is 0.778. The normalized spacial score (nSPS) is 16.4. The fourth-order valence-corrected chi connectivity index (χ4v) is 0.759. The fourth-order valence-electron chi connectivity index (χ4n) is 0.759. The molecule has 0 bridgehead atoms. The third kappa shape index (κ3) is 4.57. The standard InChI is InChI=1S/C9H19N/c1-7(2)8(3)5-6-9(4)10/h8-9H,1,5-6,10H2,2-4H3/t8?,9-/m1/s1. The molecule has 0 aliphatic heterocycles. The lowest BCUT2D eigenvalue weighted by Gasteiger charge is -2.11. The summed E-state index contributed by atoms with van der Waals surface area (Å²) in [5.41, 5.74) is 6.88. The van der Waals surface area contributed by atoms with Crippen LogP contribution in [0.1, 0.15) is 33.6 Å². The van der Waals surface area contributed by atoms with Crippen LogP contribution < -0.4 is 5.73 Å². The van der Waals surface area contributed by atoms with Crippen LogP contribution in [0.4, 0.5) is 0 Å². The van der Waals surface area contributed by atoms with Gasteiger partial charge in [0.05, 0.1) is 0 Å². The molecule has 0 fully saturated rings. The van der Waals surface area contributed by atoms with Crippen molar-refractivity contribution < 1.29 is 0 Å². The Labute approximate surface area is 64.3 Å². The van der Waals surface area contributed by atoms with Crippen molar-refractivity contribution in [2.75, 3.05) is 0 Å². The summed E-state index contributed by atoms with van der Waals surface area (Å²) in [4.78, 5) is 0. The maximum atomic E-state index is 5.61. The Kier molecular flexibility index (Phi) is 4.37. The second-order valence-corrected chi connectivity index (χ2v) is 3.30. The summed E-state index contributed by atoms with van der Waals surface area (Å²) in [5, 5.41) is 0. The molecule has 0 spiro atoms. The van der Waals surface area contributed by atoms with E-state index in [-0.39, 0.29) is 0 Å². The van der Waals surface area contributed by atoms with Gasteiger partial charge in [0.2, 0.25) is 0 Å². The molecule has 60 valence electrons. The van der Waals surface area contributed by atoms with Gasteiger partial charge in [-0.05, 0) is 32.6 Å². The van der Waals surface area contributed by atoms with Crippen molar-refractivity contribution in [3.63, 3.8) is 0 Å². The highest BCUT2D eigenvalue weighted by Gasteiger charge is 2.02. The first-order chi connectivity index (χ1) is 4.54. The molecule has 0 aliphatic carbocycles. The maximum absolute atomic E-state index is 5.61. The van der Waals surface area contributed by atoms with Gasteiger partial charge in [-0.3, -0.25) is 0 Å². The summed E-state index contributed by atoms with van der Waals surface area (Å²) in [6.45, 7) is 10.2. The largest absolute Gasteiger partial charge is 0.328 e. The monoisotopic (exact) mass is 141 g/mol. The maximum Gasteiger partial charge on any atom is 0.00106 e. The Bertz CT molecular complexity index is 105. The molecule has 0 saturated carbocycles. The molecule has 2 atom stereocenters. The van der Waals surface area contributed by atoms with Gasteiger partial charge in [-0.15, -0.1) is 0 Å².